The van der Waals surface area contributed by atoms with Gasteiger partial charge in [-0.3, -0.25) is 14.5 Å². The van der Waals surface area contributed by atoms with Crippen molar-refractivity contribution in [2.45, 2.75) is 51.7 Å². The van der Waals surface area contributed by atoms with Crippen LogP contribution in [0, 0.1) is 22.7 Å². The molecule has 1 aromatic carbocycles. The number of nitriles is 1. The Kier molecular flexibility index (Phi) is 6.33. The molecule has 0 radical (unpaired) electrons. The minimum Gasteiger partial charge on any atom is -0.483 e. The van der Waals surface area contributed by atoms with Crippen molar-refractivity contribution in [3.05, 3.63) is 23.8 Å². The molecule has 11 heteroatoms. The molecule has 1 spiro atoms. The molecule has 33 heavy (non-hydrogen) atoms. The van der Waals surface area contributed by atoms with E-state index in [4.69, 9.17) is 0 Å². The first-order valence-corrected chi connectivity index (χ1v) is 10.4. The van der Waals surface area contributed by atoms with Crippen LogP contribution < -0.4 is 15.4 Å². The Morgan fingerprint density at radius 2 is 2.03 bits per heavy atom. The lowest BCUT2D eigenvalue weighted by Gasteiger charge is -2.43. The Balaban J connectivity index is 1.68. The summed E-state index contributed by atoms with van der Waals surface area (Å²) in [6, 6.07) is 4.62. The van der Waals surface area contributed by atoms with Crippen LogP contribution in [0.15, 0.2) is 18.2 Å². The predicted octanol–water partition coefficient (Wildman–Crippen LogP) is 3.57. The van der Waals surface area contributed by atoms with E-state index in [9.17, 15) is 32.8 Å². The van der Waals surface area contributed by atoms with Gasteiger partial charge in [0.2, 0.25) is 5.91 Å². The highest BCUT2D eigenvalue weighted by Gasteiger charge is 2.56. The predicted molar refractivity (Wildman–Crippen MR) is 111 cm³/mol. The van der Waals surface area contributed by atoms with Gasteiger partial charge >= 0.3 is 12.2 Å². The smallest absolute Gasteiger partial charge is 0.422 e. The van der Waals surface area contributed by atoms with Crippen molar-refractivity contribution in [3.63, 3.8) is 0 Å². The molecule has 4 amide bonds. The zero-order valence-electron chi connectivity index (χ0n) is 18.5. The topological polar surface area (TPSA) is 112 Å². The monoisotopic (exact) mass is 466 g/mol. The van der Waals surface area contributed by atoms with E-state index in [0.717, 1.165) is 23.5 Å². The number of hydrogen-bond acceptors (Lipinski definition) is 5. The normalized spacial score (nSPS) is 24.4. The third-order valence-electron chi connectivity index (χ3n) is 5.70. The van der Waals surface area contributed by atoms with Gasteiger partial charge in [-0.1, -0.05) is 20.8 Å². The minimum absolute atomic E-state index is 0.116. The molecule has 2 fully saturated rings. The Labute approximate surface area is 189 Å². The van der Waals surface area contributed by atoms with Crippen LogP contribution in [0.2, 0.25) is 0 Å². The lowest BCUT2D eigenvalue weighted by atomic mass is 9.64. The number of nitrogens with one attached hydrogen (secondary N) is 2. The molecular weight excluding hydrogens is 441 g/mol. The highest BCUT2D eigenvalue weighted by Crippen LogP contribution is 2.46. The summed E-state index contributed by atoms with van der Waals surface area (Å²) < 4.78 is 41.7. The van der Waals surface area contributed by atoms with E-state index in [1.165, 1.54) is 6.07 Å². The number of hydrogen-bond donors (Lipinski definition) is 2. The molecule has 2 unspecified atom stereocenters. The number of imide groups is 1. The first-order chi connectivity index (χ1) is 15.2. The number of ether oxygens (including phenoxy) is 1. The first kappa shape index (κ1) is 24.4. The van der Waals surface area contributed by atoms with E-state index in [2.05, 4.69) is 15.4 Å². The van der Waals surface area contributed by atoms with E-state index >= 15 is 0 Å². The second-order valence-electron chi connectivity index (χ2n) is 9.53. The number of nitrogens with zero attached hydrogens (tertiary/aromatic N) is 2. The number of carbonyl (C=O) groups is 3. The van der Waals surface area contributed by atoms with Crippen LogP contribution in [0.5, 0.6) is 5.75 Å². The van der Waals surface area contributed by atoms with Crippen LogP contribution in [0.25, 0.3) is 0 Å². The summed E-state index contributed by atoms with van der Waals surface area (Å²) in [6.45, 7) is 4.00. The maximum atomic E-state index is 13.1. The number of alkyl halides is 3. The molecule has 0 aromatic heterocycles. The number of benzene rings is 1. The van der Waals surface area contributed by atoms with Crippen LogP contribution in [0.3, 0.4) is 0 Å². The molecule has 1 saturated heterocycles. The zero-order valence-corrected chi connectivity index (χ0v) is 18.5. The highest BCUT2D eigenvalue weighted by molar-refractivity contribution is 6.10. The summed E-state index contributed by atoms with van der Waals surface area (Å²) >= 11 is 0. The molecule has 178 valence electrons. The molecule has 1 heterocycles. The van der Waals surface area contributed by atoms with E-state index < -0.39 is 42.7 Å². The molecule has 8 nitrogen and oxygen atoms in total. The van der Waals surface area contributed by atoms with E-state index in [0.29, 0.717) is 12.8 Å². The van der Waals surface area contributed by atoms with Crippen molar-refractivity contribution in [2.24, 2.45) is 11.3 Å². The van der Waals surface area contributed by atoms with Crippen molar-refractivity contribution in [2.75, 3.05) is 18.5 Å². The van der Waals surface area contributed by atoms with Gasteiger partial charge in [-0.15, -0.1) is 0 Å². The van der Waals surface area contributed by atoms with Crippen molar-refractivity contribution in [1.82, 2.24) is 10.2 Å². The Bertz CT molecular complexity index is 1020. The second kappa shape index (κ2) is 8.57. The van der Waals surface area contributed by atoms with Crippen LogP contribution in [-0.2, 0) is 9.59 Å². The number of amides is 4. The van der Waals surface area contributed by atoms with Crippen LogP contribution in [-0.4, -0.2) is 47.6 Å². The number of urea groups is 1. The average Bonchev–Trinajstić information content (AvgIpc) is 2.87. The molecule has 3 rings (SSSR count). The maximum absolute atomic E-state index is 13.1. The summed E-state index contributed by atoms with van der Waals surface area (Å²) in [4.78, 5) is 39.0. The quantitative estimate of drug-likeness (QED) is 0.645. The van der Waals surface area contributed by atoms with E-state index in [-0.39, 0.29) is 28.3 Å². The molecule has 1 aliphatic carbocycles. The van der Waals surface area contributed by atoms with Crippen molar-refractivity contribution in [3.8, 4) is 11.8 Å². The number of anilines is 1. The third kappa shape index (κ3) is 5.56. The van der Waals surface area contributed by atoms with Gasteiger partial charge in [0.15, 0.2) is 6.61 Å². The van der Waals surface area contributed by atoms with Crippen molar-refractivity contribution >= 4 is 23.5 Å². The standard InChI is InChI=1S/C22H25F3N4O4/c1-13-7-20(2,3)11-21(8-13)18(31)29(19(32)28-21)10-17(30)27-15-4-5-16(14(6-15)9-26)33-12-22(23,24)25/h4-6,13H,7-8,10-12H2,1-3H3,(H,27,30)(H,28,32). The summed E-state index contributed by atoms with van der Waals surface area (Å²) in [5.74, 6) is -1.20. The second-order valence-corrected chi connectivity index (χ2v) is 9.53. The average molecular weight is 466 g/mol. The molecular formula is C22H25F3N4O4. The third-order valence-corrected chi connectivity index (χ3v) is 5.70. The lowest BCUT2D eigenvalue weighted by molar-refractivity contribution is -0.153. The minimum atomic E-state index is -4.56. The van der Waals surface area contributed by atoms with Gasteiger partial charge in [0.1, 0.15) is 23.9 Å². The van der Waals surface area contributed by atoms with Gasteiger partial charge in [-0.05, 0) is 48.8 Å². The summed E-state index contributed by atoms with van der Waals surface area (Å²) in [7, 11) is 0. The van der Waals surface area contributed by atoms with E-state index in [1.807, 2.05) is 20.8 Å². The lowest BCUT2D eigenvalue weighted by Crippen LogP contribution is -2.54. The molecule has 1 aromatic rings. The molecule has 0 bridgehead atoms. The van der Waals surface area contributed by atoms with Crippen molar-refractivity contribution < 1.29 is 32.3 Å². The van der Waals surface area contributed by atoms with Gasteiger partial charge < -0.3 is 15.4 Å². The summed E-state index contributed by atoms with van der Waals surface area (Å²) in [5.41, 5.74) is -1.28. The fourth-order valence-corrected chi connectivity index (χ4v) is 4.97. The fourth-order valence-electron chi connectivity index (χ4n) is 4.97. The molecule has 2 aliphatic rings. The van der Waals surface area contributed by atoms with Gasteiger partial charge in [-0.2, -0.15) is 18.4 Å². The molecule has 2 atom stereocenters. The first-order valence-electron chi connectivity index (χ1n) is 10.4. The van der Waals surface area contributed by atoms with Crippen molar-refractivity contribution in [1.29, 1.82) is 5.26 Å². The van der Waals surface area contributed by atoms with Crippen LogP contribution in [0.1, 0.15) is 45.6 Å². The Morgan fingerprint density at radius 1 is 1.33 bits per heavy atom. The zero-order chi connectivity index (χ0) is 24.6. The largest absolute Gasteiger partial charge is 0.483 e. The molecule has 1 aliphatic heterocycles. The summed E-state index contributed by atoms with van der Waals surface area (Å²) in [6.07, 6.45) is -2.69. The molecule has 1 saturated carbocycles. The Morgan fingerprint density at radius 3 is 2.64 bits per heavy atom. The van der Waals surface area contributed by atoms with E-state index in [1.54, 1.807) is 6.07 Å². The number of rotatable bonds is 5. The van der Waals surface area contributed by atoms with Gasteiger partial charge in [0.25, 0.3) is 5.91 Å². The summed E-state index contributed by atoms with van der Waals surface area (Å²) in [5, 5.41) is 14.4. The van der Waals surface area contributed by atoms with Gasteiger partial charge in [-0.25, -0.2) is 4.79 Å². The number of carbonyl (C=O) groups excluding carboxylic acids is 3. The highest BCUT2D eigenvalue weighted by atomic mass is 19.4. The number of halogens is 3. The van der Waals surface area contributed by atoms with Gasteiger partial charge in [0.05, 0.1) is 5.56 Å². The Hall–Kier alpha value is -3.29. The van der Waals surface area contributed by atoms with Crippen LogP contribution in [0.4, 0.5) is 23.7 Å². The van der Waals surface area contributed by atoms with Gasteiger partial charge in [0, 0.05) is 5.69 Å². The molecule has 2 N–H and O–H groups in total. The SMILES string of the molecule is CC1CC(C)(C)CC2(C1)NC(=O)N(CC(=O)Nc1ccc(OCC(F)(F)F)c(C#N)c1)C2=O. The fraction of sp³-hybridized carbons (Fsp3) is 0.545. The maximum Gasteiger partial charge on any atom is 0.422 e. The van der Waals surface area contributed by atoms with Crippen LogP contribution >= 0.6 is 0 Å².